The average molecular weight is 333 g/mol. The first-order chi connectivity index (χ1) is 12.3. The Morgan fingerprint density at radius 1 is 1.08 bits per heavy atom. The van der Waals surface area contributed by atoms with E-state index in [0.717, 1.165) is 48.9 Å². The van der Waals surface area contributed by atoms with Crippen LogP contribution in [0.15, 0.2) is 60.8 Å². The lowest BCUT2D eigenvalue weighted by atomic mass is 10.0. The van der Waals surface area contributed by atoms with Gasteiger partial charge in [0.25, 0.3) is 5.91 Å². The Morgan fingerprint density at radius 3 is 2.68 bits per heavy atom. The molecule has 0 bridgehead atoms. The summed E-state index contributed by atoms with van der Waals surface area (Å²) in [5, 5.41) is 4.28. The van der Waals surface area contributed by atoms with E-state index >= 15 is 0 Å². The number of hydrogen-bond acceptors (Lipinski definition) is 2. The van der Waals surface area contributed by atoms with Crippen molar-refractivity contribution in [3.05, 3.63) is 71.9 Å². The number of hydrogen-bond donors (Lipinski definition) is 2. The second-order valence-corrected chi connectivity index (χ2v) is 6.79. The summed E-state index contributed by atoms with van der Waals surface area (Å²) < 4.78 is 0. The van der Waals surface area contributed by atoms with Crippen molar-refractivity contribution in [2.24, 2.45) is 0 Å². The molecule has 4 rings (SSSR count). The van der Waals surface area contributed by atoms with Crippen LogP contribution in [0, 0.1) is 0 Å². The number of rotatable bonds is 4. The minimum atomic E-state index is 0.0320. The molecule has 1 aliphatic heterocycles. The number of amides is 1. The number of nitrogens with one attached hydrogen (secondary N) is 2. The molecule has 0 spiro atoms. The molecule has 3 aromatic rings. The lowest BCUT2D eigenvalue weighted by Gasteiger charge is -2.32. The van der Waals surface area contributed by atoms with Gasteiger partial charge in [0.15, 0.2) is 0 Å². The first-order valence-corrected chi connectivity index (χ1v) is 8.92. The number of carbonyl (C=O) groups is 1. The van der Waals surface area contributed by atoms with Crippen LogP contribution in [-0.4, -0.2) is 34.9 Å². The van der Waals surface area contributed by atoms with E-state index in [1.54, 1.807) is 0 Å². The van der Waals surface area contributed by atoms with Gasteiger partial charge in [-0.3, -0.25) is 9.69 Å². The van der Waals surface area contributed by atoms with Gasteiger partial charge in [0, 0.05) is 48.3 Å². The van der Waals surface area contributed by atoms with Crippen molar-refractivity contribution in [3.8, 4) is 0 Å². The fraction of sp³-hybridized carbons (Fsp3) is 0.286. The summed E-state index contributed by atoms with van der Waals surface area (Å²) in [6, 6.07) is 18.6. The van der Waals surface area contributed by atoms with Gasteiger partial charge in [-0.05, 0) is 42.7 Å². The van der Waals surface area contributed by atoms with E-state index in [2.05, 4.69) is 45.5 Å². The SMILES string of the molecule is O=C(NC1CCN(Cc2ccccc2)CC1)c1ccc2[nH]ccc2c1. The number of aromatic nitrogens is 1. The molecule has 1 fully saturated rings. The van der Waals surface area contributed by atoms with Gasteiger partial charge in [-0.25, -0.2) is 0 Å². The number of nitrogens with zero attached hydrogens (tertiary/aromatic N) is 1. The van der Waals surface area contributed by atoms with Crippen molar-refractivity contribution in [2.45, 2.75) is 25.4 Å². The molecule has 1 saturated heterocycles. The van der Waals surface area contributed by atoms with Crippen molar-refractivity contribution in [1.82, 2.24) is 15.2 Å². The largest absolute Gasteiger partial charge is 0.361 e. The summed E-state index contributed by atoms with van der Waals surface area (Å²) >= 11 is 0. The number of likely N-dealkylation sites (tertiary alicyclic amines) is 1. The molecule has 128 valence electrons. The second-order valence-electron chi connectivity index (χ2n) is 6.79. The van der Waals surface area contributed by atoms with Crippen molar-refractivity contribution in [3.63, 3.8) is 0 Å². The molecule has 25 heavy (non-hydrogen) atoms. The molecular weight excluding hydrogens is 310 g/mol. The topological polar surface area (TPSA) is 48.1 Å². The number of piperidine rings is 1. The zero-order valence-electron chi connectivity index (χ0n) is 14.2. The maximum absolute atomic E-state index is 12.5. The molecule has 1 aliphatic rings. The minimum absolute atomic E-state index is 0.0320. The second kappa shape index (κ2) is 7.11. The number of aromatic amines is 1. The third kappa shape index (κ3) is 3.74. The van der Waals surface area contributed by atoms with Crippen LogP contribution >= 0.6 is 0 Å². The maximum Gasteiger partial charge on any atom is 0.251 e. The van der Waals surface area contributed by atoms with Crippen LogP contribution in [0.4, 0.5) is 0 Å². The van der Waals surface area contributed by atoms with Crippen LogP contribution in [0.2, 0.25) is 0 Å². The summed E-state index contributed by atoms with van der Waals surface area (Å²) in [5.74, 6) is 0.0320. The molecule has 1 amide bonds. The van der Waals surface area contributed by atoms with E-state index in [-0.39, 0.29) is 11.9 Å². The van der Waals surface area contributed by atoms with Crippen LogP contribution in [0.1, 0.15) is 28.8 Å². The highest BCUT2D eigenvalue weighted by atomic mass is 16.1. The zero-order chi connectivity index (χ0) is 17.1. The Kier molecular flexibility index (Phi) is 4.53. The molecule has 4 nitrogen and oxygen atoms in total. The molecule has 0 radical (unpaired) electrons. The van der Waals surface area contributed by atoms with E-state index < -0.39 is 0 Å². The third-order valence-electron chi connectivity index (χ3n) is 4.99. The van der Waals surface area contributed by atoms with Gasteiger partial charge in [-0.15, -0.1) is 0 Å². The summed E-state index contributed by atoms with van der Waals surface area (Å²) in [7, 11) is 0. The van der Waals surface area contributed by atoms with Crippen LogP contribution in [-0.2, 0) is 6.54 Å². The Balaban J connectivity index is 1.31. The summed E-state index contributed by atoms with van der Waals surface area (Å²) in [6.45, 7) is 3.04. The lowest BCUT2D eigenvalue weighted by Crippen LogP contribution is -2.44. The summed E-state index contributed by atoms with van der Waals surface area (Å²) in [5.41, 5.74) is 3.15. The van der Waals surface area contributed by atoms with Gasteiger partial charge in [-0.2, -0.15) is 0 Å². The van der Waals surface area contributed by atoms with Crippen LogP contribution in [0.25, 0.3) is 10.9 Å². The van der Waals surface area contributed by atoms with Crippen molar-refractivity contribution < 1.29 is 4.79 Å². The van der Waals surface area contributed by atoms with E-state index in [1.807, 2.05) is 30.5 Å². The predicted octanol–water partition coefficient (Wildman–Crippen LogP) is 3.56. The first-order valence-electron chi connectivity index (χ1n) is 8.92. The molecular formula is C21H23N3O. The van der Waals surface area contributed by atoms with Crippen molar-refractivity contribution in [2.75, 3.05) is 13.1 Å². The molecule has 4 heteroatoms. The Bertz CT molecular complexity index is 848. The van der Waals surface area contributed by atoms with Gasteiger partial charge >= 0.3 is 0 Å². The smallest absolute Gasteiger partial charge is 0.251 e. The van der Waals surface area contributed by atoms with E-state index in [0.29, 0.717) is 0 Å². The van der Waals surface area contributed by atoms with Gasteiger partial charge in [0.05, 0.1) is 0 Å². The zero-order valence-corrected chi connectivity index (χ0v) is 14.2. The Morgan fingerprint density at radius 2 is 1.88 bits per heavy atom. The molecule has 1 aromatic heterocycles. The number of fused-ring (bicyclic) bond motifs is 1. The monoisotopic (exact) mass is 333 g/mol. The van der Waals surface area contributed by atoms with Crippen molar-refractivity contribution >= 4 is 16.8 Å². The number of benzene rings is 2. The molecule has 0 saturated carbocycles. The van der Waals surface area contributed by atoms with Gasteiger partial charge in [0.2, 0.25) is 0 Å². The molecule has 2 N–H and O–H groups in total. The van der Waals surface area contributed by atoms with E-state index in [4.69, 9.17) is 0 Å². The van der Waals surface area contributed by atoms with Crippen LogP contribution in [0.3, 0.4) is 0 Å². The maximum atomic E-state index is 12.5. The Labute approximate surface area is 147 Å². The molecule has 2 heterocycles. The third-order valence-corrected chi connectivity index (χ3v) is 4.99. The Hall–Kier alpha value is -2.59. The van der Waals surface area contributed by atoms with Crippen molar-refractivity contribution in [1.29, 1.82) is 0 Å². The van der Waals surface area contributed by atoms with Gasteiger partial charge in [0.1, 0.15) is 0 Å². The fourth-order valence-corrected chi connectivity index (χ4v) is 3.54. The van der Waals surface area contributed by atoms with Crippen LogP contribution < -0.4 is 5.32 Å². The summed E-state index contributed by atoms with van der Waals surface area (Å²) in [4.78, 5) is 18.1. The standard InChI is InChI=1S/C21H23N3O/c25-21(18-6-7-20-17(14-18)8-11-22-20)23-19-9-12-24(13-10-19)15-16-4-2-1-3-5-16/h1-8,11,14,19,22H,9-10,12-13,15H2,(H,23,25). The van der Waals surface area contributed by atoms with E-state index in [9.17, 15) is 4.79 Å². The molecule has 0 atom stereocenters. The first kappa shape index (κ1) is 15.9. The highest BCUT2D eigenvalue weighted by Gasteiger charge is 2.21. The highest BCUT2D eigenvalue weighted by molar-refractivity contribution is 5.98. The highest BCUT2D eigenvalue weighted by Crippen LogP contribution is 2.17. The minimum Gasteiger partial charge on any atom is -0.361 e. The lowest BCUT2D eigenvalue weighted by molar-refractivity contribution is 0.0909. The van der Waals surface area contributed by atoms with E-state index in [1.165, 1.54) is 5.56 Å². The van der Waals surface area contributed by atoms with Gasteiger partial charge in [-0.1, -0.05) is 30.3 Å². The normalized spacial score (nSPS) is 16.2. The molecule has 0 aliphatic carbocycles. The quantitative estimate of drug-likeness (QED) is 0.767. The molecule has 0 unspecified atom stereocenters. The number of carbonyl (C=O) groups excluding carboxylic acids is 1. The average Bonchev–Trinajstić information content (AvgIpc) is 3.12. The summed E-state index contributed by atoms with van der Waals surface area (Å²) in [6.07, 6.45) is 3.91. The predicted molar refractivity (Wildman–Crippen MR) is 101 cm³/mol. The van der Waals surface area contributed by atoms with Gasteiger partial charge < -0.3 is 10.3 Å². The number of H-pyrrole nitrogens is 1. The molecule has 2 aromatic carbocycles. The fourth-order valence-electron chi connectivity index (χ4n) is 3.54. The van der Waals surface area contributed by atoms with Crippen LogP contribution in [0.5, 0.6) is 0 Å².